The van der Waals surface area contributed by atoms with Crippen molar-refractivity contribution >= 4 is 17.5 Å². The van der Waals surface area contributed by atoms with Gasteiger partial charge in [-0.2, -0.15) is 0 Å². The molecule has 1 aromatic rings. The van der Waals surface area contributed by atoms with E-state index in [4.69, 9.17) is 0 Å². The van der Waals surface area contributed by atoms with Crippen molar-refractivity contribution < 1.29 is 9.59 Å². The molecular formula is C16H22N2O2. The quantitative estimate of drug-likeness (QED) is 0.886. The van der Waals surface area contributed by atoms with E-state index in [0.717, 1.165) is 36.9 Å². The van der Waals surface area contributed by atoms with Gasteiger partial charge in [-0.15, -0.1) is 0 Å². The van der Waals surface area contributed by atoms with E-state index in [1.54, 1.807) is 7.05 Å². The summed E-state index contributed by atoms with van der Waals surface area (Å²) in [6, 6.07) is 7.46. The van der Waals surface area contributed by atoms with Crippen LogP contribution in [0.25, 0.3) is 0 Å². The van der Waals surface area contributed by atoms with Gasteiger partial charge in [0.1, 0.15) is 0 Å². The summed E-state index contributed by atoms with van der Waals surface area (Å²) in [5.74, 6) is 0.0919. The van der Waals surface area contributed by atoms with Crippen molar-refractivity contribution in [3.63, 3.8) is 0 Å². The van der Waals surface area contributed by atoms with Crippen LogP contribution in [0.4, 0.5) is 5.69 Å². The molecule has 2 N–H and O–H groups in total. The fourth-order valence-electron chi connectivity index (χ4n) is 2.64. The van der Waals surface area contributed by atoms with Crippen LogP contribution in [-0.4, -0.2) is 18.9 Å². The molecule has 0 bridgehead atoms. The third kappa shape index (κ3) is 3.38. The van der Waals surface area contributed by atoms with Crippen molar-refractivity contribution in [1.82, 2.24) is 5.32 Å². The zero-order valence-corrected chi connectivity index (χ0v) is 12.2. The lowest BCUT2D eigenvalue weighted by Gasteiger charge is -2.22. The maximum Gasteiger partial charge on any atom is 0.230 e. The number of nitrogens with one attached hydrogen (secondary N) is 2. The molecule has 1 aromatic carbocycles. The van der Waals surface area contributed by atoms with E-state index >= 15 is 0 Å². The summed E-state index contributed by atoms with van der Waals surface area (Å²) in [5.41, 5.74) is 1.51. The monoisotopic (exact) mass is 274 g/mol. The maximum absolute atomic E-state index is 12.3. The normalized spacial score (nSPS) is 16.7. The first-order valence-corrected chi connectivity index (χ1v) is 7.14. The molecule has 1 aliphatic rings. The first-order chi connectivity index (χ1) is 9.53. The molecule has 4 heteroatoms. The minimum atomic E-state index is -0.221. The minimum Gasteiger partial charge on any atom is -0.359 e. The molecule has 1 fully saturated rings. The van der Waals surface area contributed by atoms with Gasteiger partial charge in [-0.3, -0.25) is 9.59 Å². The second-order valence-corrected chi connectivity index (χ2v) is 5.77. The highest BCUT2D eigenvalue weighted by molar-refractivity contribution is 5.95. The fourth-order valence-corrected chi connectivity index (χ4v) is 2.64. The van der Waals surface area contributed by atoms with Crippen molar-refractivity contribution in [2.45, 2.75) is 39.0 Å². The second kappa shape index (κ2) is 6.07. The van der Waals surface area contributed by atoms with Crippen molar-refractivity contribution in [2.24, 2.45) is 5.41 Å². The van der Waals surface area contributed by atoms with Crippen LogP contribution in [0, 0.1) is 5.41 Å². The largest absolute Gasteiger partial charge is 0.359 e. The zero-order valence-electron chi connectivity index (χ0n) is 12.2. The van der Waals surface area contributed by atoms with Gasteiger partial charge in [0.15, 0.2) is 0 Å². The van der Waals surface area contributed by atoms with Gasteiger partial charge in [-0.1, -0.05) is 31.9 Å². The molecule has 1 saturated carbocycles. The molecule has 0 unspecified atom stereocenters. The topological polar surface area (TPSA) is 58.2 Å². The van der Waals surface area contributed by atoms with E-state index in [2.05, 4.69) is 10.6 Å². The summed E-state index contributed by atoms with van der Waals surface area (Å²) in [6.45, 7) is 2.04. The molecule has 108 valence electrons. The number of carbonyl (C=O) groups excluding carboxylic acids is 2. The first-order valence-electron chi connectivity index (χ1n) is 7.14. The van der Waals surface area contributed by atoms with E-state index < -0.39 is 0 Å². The summed E-state index contributed by atoms with van der Waals surface area (Å²) in [5, 5.41) is 5.57. The van der Waals surface area contributed by atoms with Gasteiger partial charge in [0.2, 0.25) is 11.8 Å². The van der Waals surface area contributed by atoms with Crippen LogP contribution in [-0.2, 0) is 16.0 Å². The van der Waals surface area contributed by atoms with E-state index in [0.29, 0.717) is 6.42 Å². The number of carbonyl (C=O) groups is 2. The van der Waals surface area contributed by atoms with E-state index in [1.165, 1.54) is 0 Å². The zero-order chi connectivity index (χ0) is 14.6. The summed E-state index contributed by atoms with van der Waals surface area (Å²) >= 11 is 0. The van der Waals surface area contributed by atoms with Crippen LogP contribution >= 0.6 is 0 Å². The standard InChI is InChI=1S/C16H22N2O2/c1-16(9-3-4-10-16)15(20)18-13-7-5-12(6-8-13)11-14(19)17-2/h5-8H,3-4,9-11H2,1-2H3,(H,17,19)(H,18,20). The van der Waals surface area contributed by atoms with Crippen molar-refractivity contribution in [2.75, 3.05) is 12.4 Å². The van der Waals surface area contributed by atoms with Gasteiger partial charge in [0.25, 0.3) is 0 Å². The third-order valence-corrected chi connectivity index (χ3v) is 4.11. The highest BCUT2D eigenvalue weighted by Crippen LogP contribution is 2.38. The average Bonchev–Trinajstić information content (AvgIpc) is 2.89. The van der Waals surface area contributed by atoms with E-state index in [9.17, 15) is 9.59 Å². The third-order valence-electron chi connectivity index (χ3n) is 4.11. The van der Waals surface area contributed by atoms with Crippen LogP contribution < -0.4 is 10.6 Å². The molecule has 2 rings (SSSR count). The molecular weight excluding hydrogens is 252 g/mol. The highest BCUT2D eigenvalue weighted by Gasteiger charge is 2.36. The Balaban J connectivity index is 1.96. The Bertz CT molecular complexity index is 488. The van der Waals surface area contributed by atoms with Crippen LogP contribution in [0.15, 0.2) is 24.3 Å². The van der Waals surface area contributed by atoms with Crippen molar-refractivity contribution in [3.05, 3.63) is 29.8 Å². The molecule has 2 amide bonds. The summed E-state index contributed by atoms with van der Waals surface area (Å²) < 4.78 is 0. The number of rotatable bonds is 4. The lowest BCUT2D eigenvalue weighted by molar-refractivity contribution is -0.124. The Kier molecular flexibility index (Phi) is 4.42. The number of hydrogen-bond donors (Lipinski definition) is 2. The predicted molar refractivity (Wildman–Crippen MR) is 79.4 cm³/mol. The molecule has 0 aromatic heterocycles. The van der Waals surface area contributed by atoms with Gasteiger partial charge in [0, 0.05) is 18.2 Å². The molecule has 4 nitrogen and oxygen atoms in total. The summed E-state index contributed by atoms with van der Waals surface area (Å²) in [7, 11) is 1.62. The average molecular weight is 274 g/mol. The fraction of sp³-hybridized carbons (Fsp3) is 0.500. The van der Waals surface area contributed by atoms with Crippen molar-refractivity contribution in [3.8, 4) is 0 Å². The second-order valence-electron chi connectivity index (χ2n) is 5.77. The molecule has 0 radical (unpaired) electrons. The Morgan fingerprint density at radius 1 is 1.15 bits per heavy atom. The molecule has 0 heterocycles. The van der Waals surface area contributed by atoms with Gasteiger partial charge < -0.3 is 10.6 Å². The molecule has 20 heavy (non-hydrogen) atoms. The van der Waals surface area contributed by atoms with E-state index in [1.807, 2.05) is 31.2 Å². The Morgan fingerprint density at radius 3 is 2.30 bits per heavy atom. The number of anilines is 1. The maximum atomic E-state index is 12.3. The smallest absolute Gasteiger partial charge is 0.230 e. The Morgan fingerprint density at radius 2 is 1.75 bits per heavy atom. The minimum absolute atomic E-state index is 0.0137. The molecule has 0 spiro atoms. The van der Waals surface area contributed by atoms with Crippen LogP contribution in [0.3, 0.4) is 0 Å². The molecule has 0 saturated heterocycles. The Labute approximate surface area is 119 Å². The SMILES string of the molecule is CNC(=O)Cc1ccc(NC(=O)C2(C)CCCC2)cc1. The van der Waals surface area contributed by atoms with Gasteiger partial charge in [0.05, 0.1) is 6.42 Å². The number of benzene rings is 1. The highest BCUT2D eigenvalue weighted by atomic mass is 16.2. The van der Waals surface area contributed by atoms with Crippen LogP contribution in [0.2, 0.25) is 0 Å². The number of hydrogen-bond acceptors (Lipinski definition) is 2. The van der Waals surface area contributed by atoms with Crippen LogP contribution in [0.1, 0.15) is 38.2 Å². The van der Waals surface area contributed by atoms with Gasteiger partial charge in [-0.25, -0.2) is 0 Å². The Hall–Kier alpha value is -1.84. The lowest BCUT2D eigenvalue weighted by Crippen LogP contribution is -2.30. The van der Waals surface area contributed by atoms with Gasteiger partial charge >= 0.3 is 0 Å². The first kappa shape index (κ1) is 14.6. The lowest BCUT2D eigenvalue weighted by atomic mass is 9.88. The van der Waals surface area contributed by atoms with E-state index in [-0.39, 0.29) is 17.2 Å². The number of likely N-dealkylation sites (N-methyl/N-ethyl adjacent to an activating group) is 1. The molecule has 0 atom stereocenters. The van der Waals surface area contributed by atoms with Crippen LogP contribution in [0.5, 0.6) is 0 Å². The molecule has 0 aliphatic heterocycles. The number of amides is 2. The predicted octanol–water partition coefficient (Wildman–Crippen LogP) is 2.49. The van der Waals surface area contributed by atoms with Crippen molar-refractivity contribution in [1.29, 1.82) is 0 Å². The van der Waals surface area contributed by atoms with Gasteiger partial charge in [-0.05, 0) is 30.5 Å². The molecule has 1 aliphatic carbocycles. The summed E-state index contributed by atoms with van der Waals surface area (Å²) in [6.07, 6.45) is 4.56. The summed E-state index contributed by atoms with van der Waals surface area (Å²) in [4.78, 5) is 23.5.